The first kappa shape index (κ1) is 20.1. The molecule has 2 rings (SSSR count). The van der Waals surface area contributed by atoms with Crippen LogP contribution in [0.4, 0.5) is 0 Å². The molecule has 142 valence electrons. The SMILES string of the molecule is C=C1C(=O)O[C@@H]2/C=C(\C)C[C@H](O)/C=C(/CO)C[C@@H](OC(=O)/C(C)=C\C)[C@@H]12. The van der Waals surface area contributed by atoms with E-state index >= 15 is 0 Å². The lowest BCUT2D eigenvalue weighted by Gasteiger charge is -2.28. The Balaban J connectivity index is 2.45. The van der Waals surface area contributed by atoms with Crippen molar-refractivity contribution >= 4 is 11.9 Å². The summed E-state index contributed by atoms with van der Waals surface area (Å²) in [6, 6.07) is 0. The highest BCUT2D eigenvalue weighted by atomic mass is 16.6. The lowest BCUT2D eigenvalue weighted by molar-refractivity contribution is -0.147. The van der Waals surface area contributed by atoms with E-state index in [0.29, 0.717) is 17.6 Å². The third-order valence-electron chi connectivity index (χ3n) is 4.75. The molecule has 0 saturated carbocycles. The van der Waals surface area contributed by atoms with E-state index in [-0.39, 0.29) is 18.6 Å². The van der Waals surface area contributed by atoms with Gasteiger partial charge in [-0.2, -0.15) is 0 Å². The summed E-state index contributed by atoms with van der Waals surface area (Å²) >= 11 is 0. The van der Waals surface area contributed by atoms with Crippen molar-refractivity contribution in [1.29, 1.82) is 0 Å². The Bertz CT molecular complexity index is 684. The molecule has 26 heavy (non-hydrogen) atoms. The maximum atomic E-state index is 12.3. The maximum absolute atomic E-state index is 12.3. The van der Waals surface area contributed by atoms with Crippen molar-refractivity contribution in [2.75, 3.05) is 6.61 Å². The number of carbonyl (C=O) groups is 2. The van der Waals surface area contributed by atoms with Crippen LogP contribution in [0.2, 0.25) is 0 Å². The molecule has 0 bridgehead atoms. The monoisotopic (exact) mass is 362 g/mol. The quantitative estimate of drug-likeness (QED) is 0.453. The molecular formula is C20H26O6. The molecule has 2 N–H and O–H groups in total. The number of ether oxygens (including phenoxy) is 2. The molecule has 1 saturated heterocycles. The number of hydrogen-bond donors (Lipinski definition) is 2. The number of rotatable bonds is 3. The Morgan fingerprint density at radius 3 is 2.73 bits per heavy atom. The van der Waals surface area contributed by atoms with Crippen molar-refractivity contribution in [3.63, 3.8) is 0 Å². The number of carbonyl (C=O) groups excluding carboxylic acids is 2. The van der Waals surface area contributed by atoms with Crippen LogP contribution < -0.4 is 0 Å². The lowest BCUT2D eigenvalue weighted by atomic mass is 9.85. The van der Waals surface area contributed by atoms with E-state index in [9.17, 15) is 19.8 Å². The first-order valence-electron chi connectivity index (χ1n) is 8.66. The molecule has 1 aliphatic heterocycles. The standard InChI is InChI=1S/C20H26O6/c1-5-12(3)19(23)25-17-9-14(10-21)8-15(22)6-11(2)7-16-18(17)13(4)20(24)26-16/h5,7-8,15-18,21-22H,4,6,9-10H2,1-3H3/b11-7+,12-5-,14-8+/t15-,16+,17+,18-/m0/s1. The Morgan fingerprint density at radius 2 is 2.12 bits per heavy atom. The second-order valence-corrected chi connectivity index (χ2v) is 6.81. The summed E-state index contributed by atoms with van der Waals surface area (Å²) in [5.41, 5.74) is 2.05. The zero-order valence-corrected chi connectivity index (χ0v) is 15.4. The predicted molar refractivity (Wildman–Crippen MR) is 96.0 cm³/mol. The van der Waals surface area contributed by atoms with Crippen LogP contribution in [0, 0.1) is 5.92 Å². The summed E-state index contributed by atoms with van der Waals surface area (Å²) in [6.07, 6.45) is 3.38. The summed E-state index contributed by atoms with van der Waals surface area (Å²) in [6.45, 7) is 8.74. The Labute approximate surface area is 153 Å². The number of allylic oxidation sites excluding steroid dienone is 1. The van der Waals surface area contributed by atoms with Gasteiger partial charge < -0.3 is 19.7 Å². The molecule has 0 unspecified atom stereocenters. The normalized spacial score (nSPS) is 34.1. The highest BCUT2D eigenvalue weighted by Gasteiger charge is 2.44. The van der Waals surface area contributed by atoms with Crippen LogP contribution in [0.5, 0.6) is 0 Å². The average molecular weight is 362 g/mol. The summed E-state index contributed by atoms with van der Waals surface area (Å²) in [5, 5.41) is 19.8. The highest BCUT2D eigenvalue weighted by Crippen LogP contribution is 2.36. The van der Waals surface area contributed by atoms with Crippen molar-refractivity contribution in [2.24, 2.45) is 5.92 Å². The number of esters is 2. The fraction of sp³-hybridized carbons (Fsp3) is 0.500. The third kappa shape index (κ3) is 4.51. The molecule has 1 aliphatic carbocycles. The van der Waals surface area contributed by atoms with Crippen molar-refractivity contribution in [3.05, 3.63) is 47.1 Å². The lowest BCUT2D eigenvalue weighted by Crippen LogP contribution is -2.34. The zero-order chi connectivity index (χ0) is 19.4. The Hall–Kier alpha value is -2.18. The Morgan fingerprint density at radius 1 is 1.42 bits per heavy atom. The van der Waals surface area contributed by atoms with E-state index in [1.165, 1.54) is 0 Å². The molecule has 0 radical (unpaired) electrons. The molecule has 0 amide bonds. The van der Waals surface area contributed by atoms with Crippen LogP contribution in [0.15, 0.2) is 47.1 Å². The zero-order valence-electron chi connectivity index (χ0n) is 15.4. The van der Waals surface area contributed by atoms with Gasteiger partial charge in [-0.1, -0.05) is 24.3 Å². The molecule has 0 aromatic carbocycles. The molecule has 6 heteroatoms. The van der Waals surface area contributed by atoms with Crippen LogP contribution in [0.25, 0.3) is 0 Å². The molecular weight excluding hydrogens is 336 g/mol. The largest absolute Gasteiger partial charge is 0.458 e. The van der Waals surface area contributed by atoms with E-state index in [1.807, 2.05) is 6.92 Å². The van der Waals surface area contributed by atoms with Gasteiger partial charge in [0.05, 0.1) is 18.6 Å². The van der Waals surface area contributed by atoms with Gasteiger partial charge in [-0.15, -0.1) is 0 Å². The topological polar surface area (TPSA) is 93.1 Å². The summed E-state index contributed by atoms with van der Waals surface area (Å²) < 4.78 is 11.0. The van der Waals surface area contributed by atoms with Gasteiger partial charge in [0.15, 0.2) is 0 Å². The highest BCUT2D eigenvalue weighted by molar-refractivity contribution is 5.92. The van der Waals surface area contributed by atoms with Gasteiger partial charge in [0, 0.05) is 17.6 Å². The molecule has 4 atom stereocenters. The van der Waals surface area contributed by atoms with Crippen LogP contribution >= 0.6 is 0 Å². The van der Waals surface area contributed by atoms with Crippen LogP contribution in [0.1, 0.15) is 33.6 Å². The number of fused-ring (bicyclic) bond motifs is 1. The second-order valence-electron chi connectivity index (χ2n) is 6.81. The fourth-order valence-electron chi connectivity index (χ4n) is 3.22. The fourth-order valence-corrected chi connectivity index (χ4v) is 3.22. The van der Waals surface area contributed by atoms with Crippen LogP contribution in [-0.2, 0) is 19.1 Å². The molecule has 6 nitrogen and oxygen atoms in total. The number of aliphatic hydroxyl groups excluding tert-OH is 2. The first-order chi connectivity index (χ1) is 12.3. The van der Waals surface area contributed by atoms with E-state index in [0.717, 1.165) is 5.57 Å². The minimum Gasteiger partial charge on any atom is -0.458 e. The second kappa shape index (κ2) is 8.47. The molecule has 0 aromatic heterocycles. The van der Waals surface area contributed by atoms with Gasteiger partial charge in [0.2, 0.25) is 0 Å². The average Bonchev–Trinajstić information content (AvgIpc) is 2.85. The van der Waals surface area contributed by atoms with Crippen molar-refractivity contribution < 1.29 is 29.3 Å². The third-order valence-corrected chi connectivity index (χ3v) is 4.75. The summed E-state index contributed by atoms with van der Waals surface area (Å²) in [4.78, 5) is 24.4. The van der Waals surface area contributed by atoms with Gasteiger partial charge in [-0.25, -0.2) is 9.59 Å². The first-order valence-corrected chi connectivity index (χ1v) is 8.66. The van der Waals surface area contributed by atoms with Crippen molar-refractivity contribution in [1.82, 2.24) is 0 Å². The summed E-state index contributed by atoms with van der Waals surface area (Å²) in [7, 11) is 0. The molecule has 0 aromatic rings. The number of aliphatic hydroxyl groups is 2. The van der Waals surface area contributed by atoms with E-state index < -0.39 is 36.2 Å². The molecule has 2 aliphatic rings. The smallest absolute Gasteiger partial charge is 0.334 e. The minimum absolute atomic E-state index is 0.181. The van der Waals surface area contributed by atoms with Gasteiger partial charge in [-0.05, 0) is 38.8 Å². The summed E-state index contributed by atoms with van der Waals surface area (Å²) in [5.74, 6) is -1.57. The molecule has 0 spiro atoms. The van der Waals surface area contributed by atoms with Gasteiger partial charge >= 0.3 is 11.9 Å². The van der Waals surface area contributed by atoms with Crippen molar-refractivity contribution in [2.45, 2.75) is 51.9 Å². The maximum Gasteiger partial charge on any atom is 0.334 e. The molecule has 1 fully saturated rings. The van der Waals surface area contributed by atoms with Gasteiger partial charge in [0.25, 0.3) is 0 Å². The van der Waals surface area contributed by atoms with Gasteiger partial charge in [-0.3, -0.25) is 0 Å². The van der Waals surface area contributed by atoms with E-state index in [1.54, 1.807) is 32.1 Å². The van der Waals surface area contributed by atoms with Crippen LogP contribution in [-0.4, -0.2) is 47.1 Å². The van der Waals surface area contributed by atoms with E-state index in [2.05, 4.69) is 6.58 Å². The predicted octanol–water partition coefficient (Wildman–Crippen LogP) is 1.98. The van der Waals surface area contributed by atoms with Crippen molar-refractivity contribution in [3.8, 4) is 0 Å². The number of hydrogen-bond acceptors (Lipinski definition) is 6. The molecule has 1 heterocycles. The van der Waals surface area contributed by atoms with Crippen LogP contribution in [0.3, 0.4) is 0 Å². The minimum atomic E-state index is -0.779. The van der Waals surface area contributed by atoms with Gasteiger partial charge in [0.1, 0.15) is 12.2 Å². The van der Waals surface area contributed by atoms with E-state index in [4.69, 9.17) is 9.47 Å². The Kier molecular flexibility index (Phi) is 6.56.